The van der Waals surface area contributed by atoms with E-state index in [9.17, 15) is 4.79 Å². The highest BCUT2D eigenvalue weighted by atomic mass is 16.3. The highest BCUT2D eigenvalue weighted by Gasteiger charge is 2.17. The summed E-state index contributed by atoms with van der Waals surface area (Å²) in [7, 11) is 0. The zero-order valence-corrected chi connectivity index (χ0v) is 11.7. The van der Waals surface area contributed by atoms with Gasteiger partial charge in [0.2, 0.25) is 5.89 Å². The van der Waals surface area contributed by atoms with Gasteiger partial charge in [-0.1, -0.05) is 30.3 Å². The van der Waals surface area contributed by atoms with Crippen LogP contribution in [0.2, 0.25) is 0 Å². The van der Waals surface area contributed by atoms with Gasteiger partial charge in [0.15, 0.2) is 5.69 Å². The second kappa shape index (κ2) is 6.34. The molecular formula is C15H19N3O2. The monoisotopic (exact) mass is 273 g/mol. The topological polar surface area (TPSA) is 81.2 Å². The number of rotatable bonds is 5. The summed E-state index contributed by atoms with van der Waals surface area (Å²) in [6.07, 6.45) is 1.96. The van der Waals surface area contributed by atoms with E-state index in [1.165, 1.54) is 6.26 Å². The predicted molar refractivity (Wildman–Crippen MR) is 76.2 cm³/mol. The van der Waals surface area contributed by atoms with Crippen LogP contribution in [0.1, 0.15) is 41.8 Å². The molecule has 2 rings (SSSR count). The maximum atomic E-state index is 11.8. The van der Waals surface area contributed by atoms with E-state index in [-0.39, 0.29) is 23.7 Å². The van der Waals surface area contributed by atoms with Crippen molar-refractivity contribution in [1.82, 2.24) is 10.3 Å². The van der Waals surface area contributed by atoms with Gasteiger partial charge < -0.3 is 15.5 Å². The van der Waals surface area contributed by atoms with Gasteiger partial charge >= 0.3 is 0 Å². The van der Waals surface area contributed by atoms with Crippen LogP contribution in [0, 0.1) is 0 Å². The number of carbonyl (C=O) groups is 1. The Bertz CT molecular complexity index is 564. The summed E-state index contributed by atoms with van der Waals surface area (Å²) < 4.78 is 5.30. The number of oxazole rings is 1. The first-order chi connectivity index (χ1) is 9.56. The minimum Gasteiger partial charge on any atom is -0.446 e. The molecule has 5 heteroatoms. The second-order valence-electron chi connectivity index (χ2n) is 5.00. The Morgan fingerprint density at radius 1 is 1.35 bits per heavy atom. The molecule has 106 valence electrons. The molecule has 5 nitrogen and oxygen atoms in total. The van der Waals surface area contributed by atoms with Gasteiger partial charge in [0, 0.05) is 6.04 Å². The van der Waals surface area contributed by atoms with Crippen LogP contribution in [-0.4, -0.2) is 16.9 Å². The number of nitrogens with one attached hydrogen (secondary N) is 1. The van der Waals surface area contributed by atoms with Crippen molar-refractivity contribution in [1.29, 1.82) is 0 Å². The normalized spacial score (nSPS) is 12.4. The molecule has 0 radical (unpaired) electrons. The van der Waals surface area contributed by atoms with Crippen LogP contribution in [-0.2, 0) is 6.42 Å². The molecule has 1 aromatic heterocycles. The third-order valence-corrected chi connectivity index (χ3v) is 2.79. The number of amides is 1. The summed E-state index contributed by atoms with van der Waals surface area (Å²) in [6.45, 7) is 3.78. The molecule has 1 aromatic carbocycles. The average Bonchev–Trinajstić information content (AvgIpc) is 2.89. The van der Waals surface area contributed by atoms with E-state index >= 15 is 0 Å². The van der Waals surface area contributed by atoms with Gasteiger partial charge in [-0.25, -0.2) is 4.98 Å². The number of carbonyl (C=O) groups excluding carboxylic acids is 1. The van der Waals surface area contributed by atoms with E-state index in [1.807, 2.05) is 44.2 Å². The summed E-state index contributed by atoms with van der Waals surface area (Å²) in [4.78, 5) is 15.9. The van der Waals surface area contributed by atoms with Gasteiger partial charge in [-0.2, -0.15) is 0 Å². The van der Waals surface area contributed by atoms with Crippen molar-refractivity contribution in [2.24, 2.45) is 5.73 Å². The molecule has 0 saturated heterocycles. The number of aromatic nitrogens is 1. The van der Waals surface area contributed by atoms with E-state index in [4.69, 9.17) is 10.2 Å². The maximum Gasteiger partial charge on any atom is 0.273 e. The van der Waals surface area contributed by atoms with E-state index in [2.05, 4.69) is 10.3 Å². The molecule has 3 N–H and O–H groups in total. The van der Waals surface area contributed by atoms with Crippen molar-refractivity contribution >= 4 is 5.91 Å². The quantitative estimate of drug-likeness (QED) is 0.873. The van der Waals surface area contributed by atoms with Crippen molar-refractivity contribution < 1.29 is 9.21 Å². The van der Waals surface area contributed by atoms with Crippen LogP contribution < -0.4 is 11.1 Å². The average molecular weight is 273 g/mol. The third-order valence-electron chi connectivity index (χ3n) is 2.79. The van der Waals surface area contributed by atoms with E-state index < -0.39 is 0 Å². The number of nitrogens with two attached hydrogens (primary N) is 1. The van der Waals surface area contributed by atoms with Crippen molar-refractivity contribution in [3.05, 3.63) is 53.7 Å². The lowest BCUT2D eigenvalue weighted by atomic mass is 10.1. The van der Waals surface area contributed by atoms with Gasteiger partial charge in [-0.15, -0.1) is 0 Å². The molecule has 0 bridgehead atoms. The number of benzene rings is 1. The predicted octanol–water partition coefficient (Wildman–Crippen LogP) is 2.06. The Balaban J connectivity index is 2.03. The molecule has 1 heterocycles. The molecule has 1 amide bonds. The highest BCUT2D eigenvalue weighted by molar-refractivity contribution is 5.92. The fourth-order valence-corrected chi connectivity index (χ4v) is 1.85. The highest BCUT2D eigenvalue weighted by Crippen LogP contribution is 2.15. The van der Waals surface area contributed by atoms with Gasteiger partial charge in [0.1, 0.15) is 6.26 Å². The van der Waals surface area contributed by atoms with Crippen LogP contribution in [0.5, 0.6) is 0 Å². The standard InChI is InChI=1S/C15H19N3O2/c1-10(2)17-14(19)13-9-20-15(18-13)12(16)8-11-6-4-3-5-7-11/h3-7,9-10,12H,8,16H2,1-2H3,(H,17,19). The van der Waals surface area contributed by atoms with E-state index in [0.717, 1.165) is 5.56 Å². The third kappa shape index (κ3) is 3.68. The van der Waals surface area contributed by atoms with E-state index in [0.29, 0.717) is 12.3 Å². The molecular weight excluding hydrogens is 254 g/mol. The lowest BCUT2D eigenvalue weighted by Crippen LogP contribution is -2.30. The minimum absolute atomic E-state index is 0.0562. The van der Waals surface area contributed by atoms with Gasteiger partial charge in [0.25, 0.3) is 5.91 Å². The van der Waals surface area contributed by atoms with Crippen LogP contribution in [0.25, 0.3) is 0 Å². The van der Waals surface area contributed by atoms with Crippen molar-refractivity contribution in [2.45, 2.75) is 32.4 Å². The number of nitrogens with zero attached hydrogens (tertiary/aromatic N) is 1. The molecule has 0 fully saturated rings. The zero-order valence-electron chi connectivity index (χ0n) is 11.7. The Kier molecular flexibility index (Phi) is 4.53. The second-order valence-corrected chi connectivity index (χ2v) is 5.00. The summed E-state index contributed by atoms with van der Waals surface area (Å²) >= 11 is 0. The fourth-order valence-electron chi connectivity index (χ4n) is 1.85. The largest absolute Gasteiger partial charge is 0.446 e. The van der Waals surface area contributed by atoms with Crippen molar-refractivity contribution in [3.63, 3.8) is 0 Å². The molecule has 0 spiro atoms. The van der Waals surface area contributed by atoms with E-state index in [1.54, 1.807) is 0 Å². The Hall–Kier alpha value is -2.14. The molecule has 1 unspecified atom stereocenters. The molecule has 0 aliphatic carbocycles. The molecule has 0 aliphatic rings. The Morgan fingerprint density at radius 3 is 2.70 bits per heavy atom. The van der Waals surface area contributed by atoms with Gasteiger partial charge in [-0.05, 0) is 25.8 Å². The van der Waals surface area contributed by atoms with Crippen LogP contribution in [0.3, 0.4) is 0 Å². The summed E-state index contributed by atoms with van der Waals surface area (Å²) in [5.41, 5.74) is 7.42. The first-order valence-corrected chi connectivity index (χ1v) is 6.62. The summed E-state index contributed by atoms with van der Waals surface area (Å²) in [6, 6.07) is 9.55. The molecule has 20 heavy (non-hydrogen) atoms. The van der Waals surface area contributed by atoms with Gasteiger partial charge in [-0.3, -0.25) is 4.79 Å². The first kappa shape index (κ1) is 14.3. The van der Waals surface area contributed by atoms with Crippen molar-refractivity contribution in [2.75, 3.05) is 0 Å². The first-order valence-electron chi connectivity index (χ1n) is 6.62. The fraction of sp³-hybridized carbons (Fsp3) is 0.333. The van der Waals surface area contributed by atoms with Gasteiger partial charge in [0.05, 0.1) is 6.04 Å². The summed E-state index contributed by atoms with van der Waals surface area (Å²) in [5.74, 6) is 0.129. The Labute approximate surface area is 118 Å². The maximum absolute atomic E-state index is 11.8. The number of hydrogen-bond donors (Lipinski definition) is 2. The lowest BCUT2D eigenvalue weighted by molar-refractivity contribution is 0.0938. The van der Waals surface area contributed by atoms with Crippen LogP contribution >= 0.6 is 0 Å². The number of hydrogen-bond acceptors (Lipinski definition) is 4. The SMILES string of the molecule is CC(C)NC(=O)c1coc(C(N)Cc2ccccc2)n1. The smallest absolute Gasteiger partial charge is 0.273 e. The molecule has 0 aliphatic heterocycles. The van der Waals surface area contributed by atoms with Crippen molar-refractivity contribution in [3.8, 4) is 0 Å². The lowest BCUT2D eigenvalue weighted by Gasteiger charge is -2.07. The van der Waals surface area contributed by atoms with Crippen LogP contribution in [0.4, 0.5) is 0 Å². The Morgan fingerprint density at radius 2 is 2.05 bits per heavy atom. The summed E-state index contributed by atoms with van der Waals surface area (Å²) in [5, 5.41) is 2.76. The molecule has 0 saturated carbocycles. The zero-order chi connectivity index (χ0) is 14.5. The molecule has 2 aromatic rings. The van der Waals surface area contributed by atoms with Crippen LogP contribution in [0.15, 0.2) is 41.0 Å². The molecule has 1 atom stereocenters. The minimum atomic E-state index is -0.363.